The van der Waals surface area contributed by atoms with Crippen LogP contribution in [-0.2, 0) is 16.0 Å². The van der Waals surface area contributed by atoms with Crippen molar-refractivity contribution < 1.29 is 9.59 Å². The standard InChI is InChI=1S/C26H34N2O2S/c1-25(2,3)23(29)28-16-12-26(13-17-28,24(30)27-14-4-5-15-27)19-20-8-10-21(11-9-20)22-7-6-18-31-22/h6-11,18H,4-5,12-17,19H2,1-3H3. The van der Waals surface area contributed by atoms with Crippen LogP contribution in [0.25, 0.3) is 10.4 Å². The number of carbonyl (C=O) groups excluding carboxylic acids is 2. The van der Waals surface area contributed by atoms with Crippen molar-refractivity contribution in [1.82, 2.24) is 9.80 Å². The molecule has 31 heavy (non-hydrogen) atoms. The molecular formula is C26H34N2O2S. The lowest BCUT2D eigenvalue weighted by Gasteiger charge is -2.44. The van der Waals surface area contributed by atoms with Crippen LogP contribution >= 0.6 is 11.3 Å². The second-order valence-electron chi connectivity index (χ2n) is 10.2. The SMILES string of the molecule is CC(C)(C)C(=O)N1CCC(Cc2ccc(-c3cccs3)cc2)(C(=O)N2CCCC2)CC1. The monoisotopic (exact) mass is 438 g/mol. The lowest BCUT2D eigenvalue weighted by molar-refractivity contribution is -0.150. The van der Waals surface area contributed by atoms with Gasteiger partial charge in [0, 0.05) is 36.5 Å². The van der Waals surface area contributed by atoms with Crippen molar-refractivity contribution in [2.75, 3.05) is 26.2 Å². The van der Waals surface area contributed by atoms with Crippen LogP contribution in [0.1, 0.15) is 52.0 Å². The molecule has 2 aliphatic heterocycles. The van der Waals surface area contributed by atoms with E-state index in [4.69, 9.17) is 0 Å². The molecule has 0 saturated carbocycles. The first kappa shape index (κ1) is 22.1. The van der Waals surface area contributed by atoms with E-state index in [-0.39, 0.29) is 11.3 Å². The third-order valence-corrected chi connectivity index (χ3v) is 7.72. The van der Waals surface area contributed by atoms with E-state index in [1.807, 2.05) is 25.7 Å². The predicted octanol–water partition coefficient (Wildman–Crippen LogP) is 5.23. The molecule has 2 saturated heterocycles. The number of thiophene rings is 1. The van der Waals surface area contributed by atoms with Crippen LogP contribution in [0, 0.1) is 10.8 Å². The average molecular weight is 439 g/mol. The van der Waals surface area contributed by atoms with Crippen molar-refractivity contribution in [1.29, 1.82) is 0 Å². The molecule has 0 unspecified atom stereocenters. The van der Waals surface area contributed by atoms with Crippen molar-refractivity contribution in [2.45, 2.75) is 52.9 Å². The minimum atomic E-state index is -0.399. The Hall–Kier alpha value is -2.14. The molecular weight excluding hydrogens is 404 g/mol. The summed E-state index contributed by atoms with van der Waals surface area (Å²) in [5.41, 5.74) is 1.66. The lowest BCUT2D eigenvalue weighted by atomic mass is 9.72. The quantitative estimate of drug-likeness (QED) is 0.655. The first-order valence-electron chi connectivity index (χ1n) is 11.5. The molecule has 1 aromatic heterocycles. The highest BCUT2D eigenvalue weighted by Gasteiger charge is 2.45. The average Bonchev–Trinajstić information content (AvgIpc) is 3.47. The van der Waals surface area contributed by atoms with Crippen LogP contribution in [0.3, 0.4) is 0 Å². The van der Waals surface area contributed by atoms with E-state index in [9.17, 15) is 9.59 Å². The molecule has 0 aliphatic carbocycles. The van der Waals surface area contributed by atoms with Crippen molar-refractivity contribution >= 4 is 23.2 Å². The molecule has 0 spiro atoms. The fourth-order valence-electron chi connectivity index (χ4n) is 4.95. The zero-order chi connectivity index (χ0) is 22.1. The summed E-state index contributed by atoms with van der Waals surface area (Å²) in [7, 11) is 0. The molecule has 2 fully saturated rings. The Bertz CT molecular complexity index is 898. The number of carbonyl (C=O) groups is 2. The van der Waals surface area contributed by atoms with Crippen LogP contribution in [0.2, 0.25) is 0 Å². The molecule has 0 bridgehead atoms. The Labute approximate surface area is 190 Å². The number of hydrogen-bond acceptors (Lipinski definition) is 3. The van der Waals surface area contributed by atoms with Gasteiger partial charge in [0.2, 0.25) is 11.8 Å². The Morgan fingerprint density at radius 3 is 2.13 bits per heavy atom. The van der Waals surface area contributed by atoms with Crippen LogP contribution < -0.4 is 0 Å². The summed E-state index contributed by atoms with van der Waals surface area (Å²) in [5.74, 6) is 0.491. The summed E-state index contributed by atoms with van der Waals surface area (Å²) in [6.45, 7) is 9.02. The first-order chi connectivity index (χ1) is 14.8. The Morgan fingerprint density at radius 2 is 1.58 bits per heavy atom. The zero-order valence-corrected chi connectivity index (χ0v) is 19.8. The van der Waals surface area contributed by atoms with Gasteiger partial charge in [-0.2, -0.15) is 0 Å². The number of piperidine rings is 1. The maximum atomic E-state index is 13.7. The molecule has 2 aromatic rings. The Balaban J connectivity index is 1.54. The van der Waals surface area contributed by atoms with Gasteiger partial charge in [-0.25, -0.2) is 0 Å². The summed E-state index contributed by atoms with van der Waals surface area (Å²) < 4.78 is 0. The van der Waals surface area contributed by atoms with Gasteiger partial charge in [-0.3, -0.25) is 9.59 Å². The van der Waals surface area contributed by atoms with Crippen LogP contribution in [0.15, 0.2) is 41.8 Å². The van der Waals surface area contributed by atoms with Gasteiger partial charge < -0.3 is 9.80 Å². The normalized spacial score (nSPS) is 18.9. The summed E-state index contributed by atoms with van der Waals surface area (Å²) in [6.07, 6.45) is 4.45. The molecule has 4 nitrogen and oxygen atoms in total. The predicted molar refractivity (Wildman–Crippen MR) is 127 cm³/mol. The highest BCUT2D eigenvalue weighted by molar-refractivity contribution is 7.13. The van der Waals surface area contributed by atoms with Crippen molar-refractivity contribution in [3.8, 4) is 10.4 Å². The number of amides is 2. The molecule has 1 aromatic carbocycles. The minimum absolute atomic E-state index is 0.190. The van der Waals surface area contributed by atoms with Crippen LogP contribution in [-0.4, -0.2) is 47.8 Å². The van der Waals surface area contributed by atoms with E-state index < -0.39 is 5.41 Å². The second-order valence-corrected chi connectivity index (χ2v) is 11.1. The van der Waals surface area contributed by atoms with Gasteiger partial charge in [0.25, 0.3) is 0 Å². The number of rotatable bonds is 4. The fourth-order valence-corrected chi connectivity index (χ4v) is 5.69. The number of hydrogen-bond donors (Lipinski definition) is 0. The van der Waals surface area contributed by atoms with Crippen molar-refractivity contribution in [3.63, 3.8) is 0 Å². The third-order valence-electron chi connectivity index (χ3n) is 6.80. The lowest BCUT2D eigenvalue weighted by Crippen LogP contribution is -2.53. The van der Waals surface area contributed by atoms with Crippen molar-refractivity contribution in [3.05, 3.63) is 47.3 Å². The molecule has 0 radical (unpaired) electrons. The van der Waals surface area contributed by atoms with Gasteiger partial charge in [0.05, 0.1) is 5.41 Å². The summed E-state index contributed by atoms with van der Waals surface area (Å²) in [6, 6.07) is 12.9. The topological polar surface area (TPSA) is 40.6 Å². The molecule has 4 rings (SSSR count). The highest BCUT2D eigenvalue weighted by atomic mass is 32.1. The Kier molecular flexibility index (Phi) is 6.25. The van der Waals surface area contributed by atoms with Gasteiger partial charge in [-0.15, -0.1) is 11.3 Å². The molecule has 2 amide bonds. The van der Waals surface area contributed by atoms with E-state index in [1.165, 1.54) is 16.0 Å². The largest absolute Gasteiger partial charge is 0.342 e. The molecule has 0 atom stereocenters. The zero-order valence-electron chi connectivity index (χ0n) is 19.0. The first-order valence-corrected chi connectivity index (χ1v) is 12.4. The van der Waals surface area contributed by atoms with E-state index >= 15 is 0 Å². The number of likely N-dealkylation sites (tertiary alicyclic amines) is 2. The van der Waals surface area contributed by atoms with E-state index in [2.05, 4.69) is 46.7 Å². The van der Waals surface area contributed by atoms with Gasteiger partial charge in [0.15, 0.2) is 0 Å². The maximum absolute atomic E-state index is 13.7. The molecule has 5 heteroatoms. The highest BCUT2D eigenvalue weighted by Crippen LogP contribution is 2.39. The Morgan fingerprint density at radius 1 is 0.935 bits per heavy atom. The molecule has 3 heterocycles. The number of benzene rings is 1. The fraction of sp³-hybridized carbons (Fsp3) is 0.538. The smallest absolute Gasteiger partial charge is 0.229 e. The van der Waals surface area contributed by atoms with E-state index in [1.54, 1.807) is 11.3 Å². The summed E-state index contributed by atoms with van der Waals surface area (Å²) >= 11 is 1.75. The van der Waals surface area contributed by atoms with Crippen molar-refractivity contribution in [2.24, 2.45) is 10.8 Å². The van der Waals surface area contributed by atoms with Gasteiger partial charge >= 0.3 is 0 Å². The maximum Gasteiger partial charge on any atom is 0.229 e. The van der Waals surface area contributed by atoms with Gasteiger partial charge in [-0.1, -0.05) is 51.1 Å². The van der Waals surface area contributed by atoms with Gasteiger partial charge in [0.1, 0.15) is 0 Å². The van der Waals surface area contributed by atoms with E-state index in [0.717, 1.165) is 45.2 Å². The minimum Gasteiger partial charge on any atom is -0.342 e. The summed E-state index contributed by atoms with van der Waals surface area (Å²) in [4.78, 5) is 31.8. The molecule has 0 N–H and O–H groups in total. The summed E-state index contributed by atoms with van der Waals surface area (Å²) in [5, 5.41) is 2.10. The van der Waals surface area contributed by atoms with Gasteiger partial charge in [-0.05, 0) is 54.7 Å². The number of nitrogens with zero attached hydrogens (tertiary/aromatic N) is 2. The molecule has 166 valence electrons. The van der Waals surface area contributed by atoms with Crippen LogP contribution in [0.4, 0.5) is 0 Å². The van der Waals surface area contributed by atoms with Crippen LogP contribution in [0.5, 0.6) is 0 Å². The second kappa shape index (κ2) is 8.78. The van der Waals surface area contributed by atoms with E-state index in [0.29, 0.717) is 19.0 Å². The third kappa shape index (κ3) is 4.72. The molecule has 2 aliphatic rings.